The molecule has 0 amide bonds. The van der Waals surface area contributed by atoms with Crippen LogP contribution in [0, 0.1) is 0 Å². The minimum Gasteiger partial charge on any atom is -0.454 e. The quantitative estimate of drug-likeness (QED) is 0.749. The van der Waals surface area contributed by atoms with Crippen molar-refractivity contribution in [3.05, 3.63) is 48.0 Å². The van der Waals surface area contributed by atoms with Crippen molar-refractivity contribution in [1.29, 1.82) is 0 Å². The van der Waals surface area contributed by atoms with E-state index in [0.717, 1.165) is 24.8 Å². The zero-order valence-corrected chi connectivity index (χ0v) is 15.4. The number of benzene rings is 2. The van der Waals surface area contributed by atoms with E-state index in [1.165, 1.54) is 4.31 Å². The van der Waals surface area contributed by atoms with E-state index in [2.05, 4.69) is 6.92 Å². The van der Waals surface area contributed by atoms with E-state index >= 15 is 0 Å². The van der Waals surface area contributed by atoms with Gasteiger partial charge in [0.05, 0.1) is 10.6 Å². The summed E-state index contributed by atoms with van der Waals surface area (Å²) in [5, 5.41) is 0. The molecule has 0 aliphatic carbocycles. The van der Waals surface area contributed by atoms with Crippen LogP contribution in [0.3, 0.4) is 0 Å². The summed E-state index contributed by atoms with van der Waals surface area (Å²) in [5.74, 6) is 1.21. The lowest BCUT2D eigenvalue weighted by atomic mass is 10.1. The average Bonchev–Trinajstić information content (AvgIpc) is 3.08. The lowest BCUT2D eigenvalue weighted by Crippen LogP contribution is -2.30. The molecule has 0 fully saturated rings. The highest BCUT2D eigenvalue weighted by Crippen LogP contribution is 2.36. The molecule has 6 heteroatoms. The first kappa shape index (κ1) is 17.6. The molecule has 1 aliphatic rings. The molecule has 25 heavy (non-hydrogen) atoms. The monoisotopic (exact) mass is 361 g/mol. The van der Waals surface area contributed by atoms with Crippen LogP contribution in [0.5, 0.6) is 11.5 Å². The lowest BCUT2D eigenvalue weighted by molar-refractivity contribution is 0.174. The van der Waals surface area contributed by atoms with E-state index in [-0.39, 0.29) is 6.79 Å². The van der Waals surface area contributed by atoms with Gasteiger partial charge in [0.15, 0.2) is 11.5 Å². The maximum Gasteiger partial charge on any atom is 0.264 e. The Morgan fingerprint density at radius 2 is 1.72 bits per heavy atom. The van der Waals surface area contributed by atoms with Crippen molar-refractivity contribution >= 4 is 15.7 Å². The van der Waals surface area contributed by atoms with E-state index in [4.69, 9.17) is 9.47 Å². The van der Waals surface area contributed by atoms with Gasteiger partial charge >= 0.3 is 0 Å². The molecule has 5 nitrogen and oxygen atoms in total. The first-order chi connectivity index (χ1) is 12.1. The normalized spacial score (nSPS) is 13.0. The van der Waals surface area contributed by atoms with Gasteiger partial charge in [-0.3, -0.25) is 4.31 Å². The van der Waals surface area contributed by atoms with Crippen molar-refractivity contribution in [2.75, 3.05) is 17.6 Å². The third kappa shape index (κ3) is 3.58. The Morgan fingerprint density at radius 1 is 1.00 bits per heavy atom. The molecule has 3 rings (SSSR count). The van der Waals surface area contributed by atoms with Gasteiger partial charge in [-0.2, -0.15) is 0 Å². The second kappa shape index (κ2) is 7.35. The maximum atomic E-state index is 13.0. The molecule has 1 aliphatic heterocycles. The summed E-state index contributed by atoms with van der Waals surface area (Å²) in [6.07, 6.45) is 3.19. The van der Waals surface area contributed by atoms with Crippen LogP contribution < -0.4 is 13.8 Å². The van der Waals surface area contributed by atoms with Crippen LogP contribution in [0.2, 0.25) is 0 Å². The summed E-state index contributed by atoms with van der Waals surface area (Å²) < 4.78 is 38.1. The topological polar surface area (TPSA) is 55.8 Å². The van der Waals surface area contributed by atoms with E-state index in [0.29, 0.717) is 28.6 Å². The van der Waals surface area contributed by atoms with Crippen LogP contribution in [-0.4, -0.2) is 21.8 Å². The van der Waals surface area contributed by atoms with Crippen LogP contribution in [0.1, 0.15) is 32.3 Å². The van der Waals surface area contributed by atoms with E-state index in [1.807, 2.05) is 19.1 Å². The summed E-state index contributed by atoms with van der Waals surface area (Å²) in [7, 11) is -3.62. The van der Waals surface area contributed by atoms with Crippen molar-refractivity contribution in [2.24, 2.45) is 0 Å². The molecule has 0 saturated carbocycles. The molecule has 0 spiro atoms. The van der Waals surface area contributed by atoms with Gasteiger partial charge in [-0.15, -0.1) is 0 Å². The van der Waals surface area contributed by atoms with E-state index in [1.54, 1.807) is 30.3 Å². The molecule has 0 saturated heterocycles. The van der Waals surface area contributed by atoms with Crippen molar-refractivity contribution in [2.45, 2.75) is 38.0 Å². The largest absolute Gasteiger partial charge is 0.454 e. The Kier molecular flexibility index (Phi) is 5.18. The number of anilines is 1. The number of nitrogens with zero attached hydrogens (tertiary/aromatic N) is 1. The van der Waals surface area contributed by atoms with Crippen LogP contribution in [0.15, 0.2) is 47.4 Å². The number of fused-ring (bicyclic) bond motifs is 1. The fourth-order valence-corrected chi connectivity index (χ4v) is 4.33. The predicted octanol–water partition coefficient (Wildman–Crippen LogP) is 3.97. The highest BCUT2D eigenvalue weighted by Gasteiger charge is 2.25. The van der Waals surface area contributed by atoms with Crippen molar-refractivity contribution in [3.8, 4) is 11.5 Å². The molecule has 1 heterocycles. The molecule has 0 bridgehead atoms. The number of sulfonamides is 1. The summed E-state index contributed by atoms with van der Waals surface area (Å²) in [5.41, 5.74) is 1.73. The highest BCUT2D eigenvalue weighted by atomic mass is 32.2. The van der Waals surface area contributed by atoms with Gasteiger partial charge in [0.2, 0.25) is 6.79 Å². The molecular weight excluding hydrogens is 338 g/mol. The molecule has 0 aromatic heterocycles. The van der Waals surface area contributed by atoms with E-state index < -0.39 is 10.0 Å². The minimum absolute atomic E-state index is 0.164. The SMILES string of the molecule is CCCCc1ccc(S(=O)(=O)N(CC)c2ccc3c(c2)OCO3)cc1. The number of aryl methyl sites for hydroxylation is 1. The fourth-order valence-electron chi connectivity index (χ4n) is 2.87. The Hall–Kier alpha value is -2.21. The molecule has 2 aromatic carbocycles. The van der Waals surface area contributed by atoms with Gasteiger partial charge in [-0.25, -0.2) is 8.42 Å². The summed E-state index contributed by atoms with van der Waals surface area (Å²) in [6, 6.07) is 12.4. The van der Waals surface area contributed by atoms with E-state index in [9.17, 15) is 8.42 Å². The zero-order chi connectivity index (χ0) is 17.9. The Balaban J connectivity index is 1.88. The highest BCUT2D eigenvalue weighted by molar-refractivity contribution is 7.92. The van der Waals surface area contributed by atoms with Crippen molar-refractivity contribution in [3.63, 3.8) is 0 Å². The second-order valence-electron chi connectivity index (χ2n) is 5.95. The summed E-state index contributed by atoms with van der Waals surface area (Å²) in [4.78, 5) is 0.298. The van der Waals surface area contributed by atoms with Gasteiger partial charge in [0.1, 0.15) is 0 Å². The molecule has 0 unspecified atom stereocenters. The van der Waals surface area contributed by atoms with Crippen LogP contribution in [-0.2, 0) is 16.4 Å². The van der Waals surface area contributed by atoms with Gasteiger partial charge in [-0.1, -0.05) is 25.5 Å². The first-order valence-corrected chi connectivity index (χ1v) is 10.0. The predicted molar refractivity (Wildman–Crippen MR) is 97.8 cm³/mol. The van der Waals surface area contributed by atoms with Gasteiger partial charge in [-0.05, 0) is 49.6 Å². The van der Waals surface area contributed by atoms with Gasteiger partial charge < -0.3 is 9.47 Å². The van der Waals surface area contributed by atoms with Crippen LogP contribution in [0.25, 0.3) is 0 Å². The third-order valence-corrected chi connectivity index (χ3v) is 6.18. The second-order valence-corrected chi connectivity index (χ2v) is 7.82. The Morgan fingerprint density at radius 3 is 2.40 bits per heavy atom. The van der Waals surface area contributed by atoms with Crippen molar-refractivity contribution < 1.29 is 17.9 Å². The number of ether oxygens (including phenoxy) is 2. The van der Waals surface area contributed by atoms with Crippen LogP contribution >= 0.6 is 0 Å². The Bertz CT molecular complexity index is 831. The third-order valence-electron chi connectivity index (χ3n) is 4.26. The Labute approximate surface area is 149 Å². The standard InChI is InChI=1S/C19H23NO4S/c1-3-5-6-15-7-10-17(11-8-15)25(21,22)20(4-2)16-9-12-18-19(13-16)24-14-23-18/h7-13H,3-6,14H2,1-2H3. The molecule has 0 N–H and O–H groups in total. The lowest BCUT2D eigenvalue weighted by Gasteiger charge is -2.23. The smallest absolute Gasteiger partial charge is 0.264 e. The maximum absolute atomic E-state index is 13.0. The first-order valence-electron chi connectivity index (χ1n) is 8.57. The molecule has 134 valence electrons. The van der Waals surface area contributed by atoms with Gasteiger partial charge in [0.25, 0.3) is 10.0 Å². The zero-order valence-electron chi connectivity index (χ0n) is 14.6. The number of unbranched alkanes of at least 4 members (excludes halogenated alkanes) is 1. The van der Waals surface area contributed by atoms with Crippen LogP contribution in [0.4, 0.5) is 5.69 Å². The number of rotatable bonds is 7. The molecule has 2 aromatic rings. The molecule has 0 atom stereocenters. The summed E-state index contributed by atoms with van der Waals surface area (Å²) >= 11 is 0. The molecule has 0 radical (unpaired) electrons. The molecular formula is C19H23NO4S. The van der Waals surface area contributed by atoms with Crippen molar-refractivity contribution in [1.82, 2.24) is 0 Å². The fraction of sp³-hybridized carbons (Fsp3) is 0.368. The number of hydrogen-bond acceptors (Lipinski definition) is 4. The minimum atomic E-state index is -3.62. The average molecular weight is 361 g/mol. The van der Waals surface area contributed by atoms with Gasteiger partial charge in [0, 0.05) is 12.6 Å². The number of hydrogen-bond donors (Lipinski definition) is 0. The summed E-state index contributed by atoms with van der Waals surface area (Å²) in [6.45, 7) is 4.46.